The van der Waals surface area contributed by atoms with E-state index < -0.39 is 11.7 Å². The van der Waals surface area contributed by atoms with E-state index in [9.17, 15) is 10.2 Å². The first-order valence-corrected chi connectivity index (χ1v) is 8.25. The molecule has 4 heteroatoms. The molecule has 1 saturated carbocycles. The van der Waals surface area contributed by atoms with E-state index in [0.29, 0.717) is 13.1 Å². The first-order valence-electron chi connectivity index (χ1n) is 7.46. The van der Waals surface area contributed by atoms with Crippen LogP contribution in [-0.4, -0.2) is 28.9 Å². The maximum atomic E-state index is 10.5. The largest absolute Gasteiger partial charge is 0.389 e. The zero-order valence-corrected chi connectivity index (χ0v) is 13.4. The van der Waals surface area contributed by atoms with Crippen molar-refractivity contribution in [3.63, 3.8) is 0 Å². The van der Waals surface area contributed by atoms with Crippen LogP contribution < -0.4 is 5.32 Å². The van der Waals surface area contributed by atoms with Gasteiger partial charge in [0.15, 0.2) is 0 Å². The molecule has 2 rings (SSSR count). The molecule has 1 fully saturated rings. The fourth-order valence-electron chi connectivity index (χ4n) is 2.84. The molecule has 0 bridgehead atoms. The summed E-state index contributed by atoms with van der Waals surface area (Å²) in [5, 5.41) is 23.9. The van der Waals surface area contributed by atoms with Crippen LogP contribution in [0.5, 0.6) is 0 Å². The lowest BCUT2D eigenvalue weighted by molar-refractivity contribution is 0.0223. The van der Waals surface area contributed by atoms with Gasteiger partial charge in [-0.1, -0.05) is 53.7 Å². The Labute approximate surface area is 129 Å². The number of hydrogen-bond acceptors (Lipinski definition) is 3. The normalized spacial score (nSPS) is 20.4. The van der Waals surface area contributed by atoms with E-state index in [4.69, 9.17) is 0 Å². The summed E-state index contributed by atoms with van der Waals surface area (Å²) in [6.45, 7) is 1.04. The minimum atomic E-state index is -0.590. The highest BCUT2D eigenvalue weighted by atomic mass is 79.9. The van der Waals surface area contributed by atoms with Gasteiger partial charge in [0, 0.05) is 17.6 Å². The van der Waals surface area contributed by atoms with E-state index in [1.165, 1.54) is 12.8 Å². The second kappa shape index (κ2) is 7.55. The third-order valence-corrected chi connectivity index (χ3v) is 4.55. The molecular weight excluding hydrogens is 318 g/mol. The molecule has 0 aromatic heterocycles. The van der Waals surface area contributed by atoms with Crippen molar-refractivity contribution in [1.29, 1.82) is 0 Å². The maximum absolute atomic E-state index is 10.5. The van der Waals surface area contributed by atoms with Crippen molar-refractivity contribution >= 4 is 15.9 Å². The second-order valence-corrected chi connectivity index (χ2v) is 6.76. The number of benzene rings is 1. The molecule has 1 aliphatic rings. The molecule has 1 atom stereocenters. The van der Waals surface area contributed by atoms with Crippen LogP contribution in [0.4, 0.5) is 0 Å². The SMILES string of the molecule is OC(CNCC1(O)CCCCCC1)c1cccc(Br)c1. The summed E-state index contributed by atoms with van der Waals surface area (Å²) >= 11 is 3.41. The molecule has 0 amide bonds. The van der Waals surface area contributed by atoms with Crippen LogP contribution in [0.2, 0.25) is 0 Å². The highest BCUT2D eigenvalue weighted by molar-refractivity contribution is 9.10. The summed E-state index contributed by atoms with van der Waals surface area (Å²) in [5.74, 6) is 0. The van der Waals surface area contributed by atoms with E-state index in [2.05, 4.69) is 21.2 Å². The van der Waals surface area contributed by atoms with E-state index in [1.54, 1.807) is 0 Å². The smallest absolute Gasteiger partial charge is 0.0914 e. The number of nitrogens with one attached hydrogen (secondary N) is 1. The third-order valence-electron chi connectivity index (χ3n) is 4.06. The lowest BCUT2D eigenvalue weighted by Crippen LogP contribution is -2.41. The van der Waals surface area contributed by atoms with Crippen LogP contribution in [0.1, 0.15) is 50.2 Å². The van der Waals surface area contributed by atoms with Crippen LogP contribution in [0, 0.1) is 0 Å². The van der Waals surface area contributed by atoms with E-state index in [1.807, 2.05) is 24.3 Å². The molecule has 0 aliphatic heterocycles. The van der Waals surface area contributed by atoms with Gasteiger partial charge in [-0.15, -0.1) is 0 Å². The molecule has 1 aromatic rings. The number of aliphatic hydroxyl groups is 2. The topological polar surface area (TPSA) is 52.5 Å². The zero-order valence-electron chi connectivity index (χ0n) is 11.8. The summed E-state index contributed by atoms with van der Waals surface area (Å²) in [5.41, 5.74) is 0.299. The standard InChI is InChI=1S/C16H24BrNO2/c17-14-7-5-6-13(10-14)15(19)11-18-12-16(20)8-3-1-2-4-9-16/h5-7,10,15,18-20H,1-4,8-9,11-12H2. The molecule has 0 spiro atoms. The average Bonchev–Trinajstić information content (AvgIpc) is 2.64. The quantitative estimate of drug-likeness (QED) is 0.721. The Bertz CT molecular complexity index is 417. The summed E-state index contributed by atoms with van der Waals surface area (Å²) in [4.78, 5) is 0. The number of rotatable bonds is 5. The molecule has 3 nitrogen and oxygen atoms in total. The van der Waals surface area contributed by atoms with Gasteiger partial charge >= 0.3 is 0 Å². The van der Waals surface area contributed by atoms with Crippen molar-refractivity contribution in [2.75, 3.05) is 13.1 Å². The monoisotopic (exact) mass is 341 g/mol. The lowest BCUT2D eigenvalue weighted by Gasteiger charge is -2.27. The molecule has 0 heterocycles. The van der Waals surface area contributed by atoms with Gasteiger partial charge in [0.1, 0.15) is 0 Å². The van der Waals surface area contributed by atoms with Gasteiger partial charge in [0.2, 0.25) is 0 Å². The van der Waals surface area contributed by atoms with Crippen LogP contribution in [-0.2, 0) is 0 Å². The van der Waals surface area contributed by atoms with Crippen molar-refractivity contribution in [1.82, 2.24) is 5.32 Å². The molecule has 3 N–H and O–H groups in total. The predicted octanol–water partition coefficient (Wildman–Crippen LogP) is 3.16. The Morgan fingerprint density at radius 1 is 1.20 bits per heavy atom. The first kappa shape index (κ1) is 16.0. The molecule has 1 aromatic carbocycles. The fourth-order valence-corrected chi connectivity index (χ4v) is 3.25. The van der Waals surface area contributed by atoms with Crippen molar-refractivity contribution in [2.45, 2.75) is 50.2 Å². The Balaban J connectivity index is 1.80. The molecule has 0 saturated heterocycles. The van der Waals surface area contributed by atoms with Gasteiger partial charge in [-0.3, -0.25) is 0 Å². The Hall–Kier alpha value is -0.420. The van der Waals surface area contributed by atoms with Crippen LogP contribution in [0.15, 0.2) is 28.7 Å². The second-order valence-electron chi connectivity index (χ2n) is 5.84. The molecule has 112 valence electrons. The highest BCUT2D eigenvalue weighted by Gasteiger charge is 2.27. The van der Waals surface area contributed by atoms with Gasteiger partial charge in [-0.2, -0.15) is 0 Å². The fraction of sp³-hybridized carbons (Fsp3) is 0.625. The van der Waals surface area contributed by atoms with E-state index in [-0.39, 0.29) is 0 Å². The summed E-state index contributed by atoms with van der Waals surface area (Å²) in [6, 6.07) is 7.70. The number of aliphatic hydroxyl groups excluding tert-OH is 1. The van der Waals surface area contributed by atoms with Gasteiger partial charge in [-0.05, 0) is 30.5 Å². The maximum Gasteiger partial charge on any atom is 0.0914 e. The molecule has 20 heavy (non-hydrogen) atoms. The van der Waals surface area contributed by atoms with Gasteiger partial charge in [-0.25, -0.2) is 0 Å². The number of hydrogen-bond donors (Lipinski definition) is 3. The summed E-state index contributed by atoms with van der Waals surface area (Å²) in [7, 11) is 0. The van der Waals surface area contributed by atoms with Crippen molar-refractivity contribution in [2.24, 2.45) is 0 Å². The van der Waals surface area contributed by atoms with Crippen molar-refractivity contribution < 1.29 is 10.2 Å². The molecular formula is C16H24BrNO2. The minimum Gasteiger partial charge on any atom is -0.389 e. The van der Waals surface area contributed by atoms with E-state index in [0.717, 1.165) is 35.7 Å². The van der Waals surface area contributed by atoms with Crippen molar-refractivity contribution in [3.05, 3.63) is 34.3 Å². The first-order chi connectivity index (χ1) is 9.59. The highest BCUT2D eigenvalue weighted by Crippen LogP contribution is 2.26. The van der Waals surface area contributed by atoms with Gasteiger partial charge in [0.05, 0.1) is 11.7 Å². The van der Waals surface area contributed by atoms with E-state index >= 15 is 0 Å². The third kappa shape index (κ3) is 4.85. The predicted molar refractivity (Wildman–Crippen MR) is 84.6 cm³/mol. The van der Waals surface area contributed by atoms with Crippen molar-refractivity contribution in [3.8, 4) is 0 Å². The zero-order chi connectivity index (χ0) is 14.4. The summed E-state index contributed by atoms with van der Waals surface area (Å²) in [6.07, 6.45) is 5.85. The van der Waals surface area contributed by atoms with Crippen LogP contribution in [0.3, 0.4) is 0 Å². The summed E-state index contributed by atoms with van der Waals surface area (Å²) < 4.78 is 0.969. The van der Waals surface area contributed by atoms with Crippen LogP contribution >= 0.6 is 15.9 Å². The minimum absolute atomic E-state index is 0.471. The van der Waals surface area contributed by atoms with Crippen LogP contribution in [0.25, 0.3) is 0 Å². The Morgan fingerprint density at radius 3 is 2.55 bits per heavy atom. The van der Waals surface area contributed by atoms with Gasteiger partial charge in [0.25, 0.3) is 0 Å². The number of halogens is 1. The molecule has 1 unspecified atom stereocenters. The lowest BCUT2D eigenvalue weighted by atomic mass is 9.94. The average molecular weight is 342 g/mol. The molecule has 1 aliphatic carbocycles. The van der Waals surface area contributed by atoms with Gasteiger partial charge < -0.3 is 15.5 Å². The Morgan fingerprint density at radius 2 is 1.90 bits per heavy atom. The molecule has 0 radical (unpaired) electrons. The Kier molecular flexibility index (Phi) is 6.02.